The van der Waals surface area contributed by atoms with Crippen LogP contribution in [0.3, 0.4) is 0 Å². The largest absolute Gasteiger partial charge is 0.354 e. The standard InChI is InChI=1S/C13H27N3O/c1-10(2)11(16(4)5)8-15-12(17)13(3)6-7-14-9-13/h10-11,14H,6-9H2,1-5H3,(H,15,17). The van der Waals surface area contributed by atoms with Gasteiger partial charge >= 0.3 is 0 Å². The van der Waals surface area contributed by atoms with Gasteiger partial charge in [-0.3, -0.25) is 4.79 Å². The van der Waals surface area contributed by atoms with Gasteiger partial charge in [0, 0.05) is 19.1 Å². The summed E-state index contributed by atoms with van der Waals surface area (Å²) in [7, 11) is 4.13. The van der Waals surface area contributed by atoms with Gasteiger partial charge in [-0.2, -0.15) is 0 Å². The van der Waals surface area contributed by atoms with E-state index in [-0.39, 0.29) is 11.3 Å². The monoisotopic (exact) mass is 241 g/mol. The van der Waals surface area contributed by atoms with E-state index in [1.54, 1.807) is 0 Å². The Hall–Kier alpha value is -0.610. The average Bonchev–Trinajstić information content (AvgIpc) is 2.65. The summed E-state index contributed by atoms with van der Waals surface area (Å²) in [4.78, 5) is 14.3. The highest BCUT2D eigenvalue weighted by Gasteiger charge is 2.36. The molecular formula is C13H27N3O. The smallest absolute Gasteiger partial charge is 0.227 e. The quantitative estimate of drug-likeness (QED) is 0.744. The molecule has 0 radical (unpaired) electrons. The summed E-state index contributed by atoms with van der Waals surface area (Å²) in [5.74, 6) is 0.731. The van der Waals surface area contributed by atoms with Crippen molar-refractivity contribution in [3.63, 3.8) is 0 Å². The molecule has 2 atom stereocenters. The van der Waals surface area contributed by atoms with Crippen LogP contribution in [0.5, 0.6) is 0 Å². The van der Waals surface area contributed by atoms with Crippen molar-refractivity contribution in [1.29, 1.82) is 0 Å². The third kappa shape index (κ3) is 3.68. The lowest BCUT2D eigenvalue weighted by atomic mass is 9.88. The molecule has 4 heteroatoms. The first-order valence-corrected chi connectivity index (χ1v) is 6.52. The molecule has 0 spiro atoms. The molecule has 0 aromatic rings. The SMILES string of the molecule is CC(C)C(CNC(=O)C1(C)CCNC1)N(C)C. The molecule has 1 amide bonds. The van der Waals surface area contributed by atoms with Crippen molar-refractivity contribution in [2.75, 3.05) is 33.7 Å². The predicted octanol–water partition coefficient (Wildman–Crippen LogP) is 0.688. The molecule has 100 valence electrons. The van der Waals surface area contributed by atoms with Gasteiger partial charge in [-0.05, 0) is 39.9 Å². The van der Waals surface area contributed by atoms with Crippen molar-refractivity contribution in [2.45, 2.75) is 33.2 Å². The Labute approximate surface area is 105 Å². The van der Waals surface area contributed by atoms with E-state index in [0.717, 1.165) is 26.1 Å². The van der Waals surface area contributed by atoms with E-state index in [4.69, 9.17) is 0 Å². The third-order valence-corrected chi connectivity index (χ3v) is 3.82. The molecule has 17 heavy (non-hydrogen) atoms. The van der Waals surface area contributed by atoms with Crippen LogP contribution in [0.2, 0.25) is 0 Å². The fourth-order valence-corrected chi connectivity index (χ4v) is 2.44. The highest BCUT2D eigenvalue weighted by atomic mass is 16.2. The highest BCUT2D eigenvalue weighted by molar-refractivity contribution is 5.82. The Balaban J connectivity index is 2.46. The second-order valence-electron chi connectivity index (χ2n) is 5.97. The van der Waals surface area contributed by atoms with E-state index < -0.39 is 0 Å². The molecule has 1 fully saturated rings. The van der Waals surface area contributed by atoms with Crippen LogP contribution in [0.1, 0.15) is 27.2 Å². The topological polar surface area (TPSA) is 44.4 Å². The number of amides is 1. The molecule has 0 aromatic heterocycles. The zero-order valence-electron chi connectivity index (χ0n) is 11.8. The lowest BCUT2D eigenvalue weighted by Gasteiger charge is -2.30. The first-order valence-electron chi connectivity index (χ1n) is 6.52. The Morgan fingerprint density at radius 2 is 2.12 bits per heavy atom. The van der Waals surface area contributed by atoms with Crippen LogP contribution in [0, 0.1) is 11.3 Å². The molecule has 2 N–H and O–H groups in total. The van der Waals surface area contributed by atoms with Crippen molar-refractivity contribution in [3.05, 3.63) is 0 Å². The van der Waals surface area contributed by atoms with Gasteiger partial charge in [-0.1, -0.05) is 13.8 Å². The molecule has 0 aliphatic carbocycles. The van der Waals surface area contributed by atoms with Gasteiger partial charge in [-0.15, -0.1) is 0 Å². The van der Waals surface area contributed by atoms with Gasteiger partial charge in [0.05, 0.1) is 5.41 Å². The second kappa shape index (κ2) is 5.83. The van der Waals surface area contributed by atoms with Crippen LogP contribution in [0.4, 0.5) is 0 Å². The average molecular weight is 241 g/mol. The fourth-order valence-electron chi connectivity index (χ4n) is 2.44. The molecule has 1 aliphatic heterocycles. The summed E-state index contributed by atoms with van der Waals surface area (Å²) in [5.41, 5.74) is -0.214. The Morgan fingerprint density at radius 1 is 1.47 bits per heavy atom. The predicted molar refractivity (Wildman–Crippen MR) is 70.9 cm³/mol. The number of likely N-dealkylation sites (N-methyl/N-ethyl adjacent to an activating group) is 1. The molecule has 4 nitrogen and oxygen atoms in total. The third-order valence-electron chi connectivity index (χ3n) is 3.82. The number of nitrogens with one attached hydrogen (secondary N) is 2. The first-order chi connectivity index (χ1) is 7.87. The maximum Gasteiger partial charge on any atom is 0.227 e. The Morgan fingerprint density at radius 3 is 2.53 bits per heavy atom. The minimum absolute atomic E-state index is 0.190. The Kier molecular flexibility index (Phi) is 4.95. The summed E-state index contributed by atoms with van der Waals surface area (Å²) in [6.07, 6.45) is 0.938. The van der Waals surface area contributed by atoms with Crippen molar-refractivity contribution < 1.29 is 4.79 Å². The maximum absolute atomic E-state index is 12.1. The first kappa shape index (κ1) is 14.5. The van der Waals surface area contributed by atoms with E-state index >= 15 is 0 Å². The summed E-state index contributed by atoms with van der Waals surface area (Å²) in [5, 5.41) is 6.36. The summed E-state index contributed by atoms with van der Waals surface area (Å²) < 4.78 is 0. The van der Waals surface area contributed by atoms with E-state index in [0.29, 0.717) is 12.0 Å². The molecule has 0 bridgehead atoms. The molecule has 0 saturated carbocycles. The molecule has 1 saturated heterocycles. The van der Waals surface area contributed by atoms with Crippen LogP contribution in [0.25, 0.3) is 0 Å². The van der Waals surface area contributed by atoms with Crippen LogP contribution < -0.4 is 10.6 Å². The molecular weight excluding hydrogens is 214 g/mol. The lowest BCUT2D eigenvalue weighted by molar-refractivity contribution is -0.129. The number of hydrogen-bond acceptors (Lipinski definition) is 3. The molecule has 1 rings (SSSR count). The van der Waals surface area contributed by atoms with Crippen LogP contribution >= 0.6 is 0 Å². The van der Waals surface area contributed by atoms with Crippen molar-refractivity contribution >= 4 is 5.91 Å². The molecule has 2 unspecified atom stereocenters. The number of carbonyl (C=O) groups is 1. The summed E-state index contributed by atoms with van der Waals surface area (Å²) in [6.45, 7) is 8.91. The van der Waals surface area contributed by atoms with Crippen molar-refractivity contribution in [2.24, 2.45) is 11.3 Å². The lowest BCUT2D eigenvalue weighted by Crippen LogP contribution is -2.48. The second-order valence-corrected chi connectivity index (χ2v) is 5.97. The zero-order chi connectivity index (χ0) is 13.1. The number of nitrogens with zero attached hydrogens (tertiary/aromatic N) is 1. The fraction of sp³-hybridized carbons (Fsp3) is 0.923. The summed E-state index contributed by atoms with van der Waals surface area (Å²) in [6, 6.07) is 0.400. The Bertz CT molecular complexity index is 249. The van der Waals surface area contributed by atoms with Gasteiger partial charge in [0.1, 0.15) is 0 Å². The zero-order valence-corrected chi connectivity index (χ0v) is 11.8. The van der Waals surface area contributed by atoms with Gasteiger partial charge in [0.25, 0.3) is 0 Å². The van der Waals surface area contributed by atoms with E-state index in [2.05, 4.69) is 43.5 Å². The highest BCUT2D eigenvalue weighted by Crippen LogP contribution is 2.24. The maximum atomic E-state index is 12.1. The van der Waals surface area contributed by atoms with E-state index in [1.165, 1.54) is 0 Å². The van der Waals surface area contributed by atoms with Crippen LogP contribution in [0.15, 0.2) is 0 Å². The number of carbonyl (C=O) groups excluding carboxylic acids is 1. The molecule has 1 heterocycles. The van der Waals surface area contributed by atoms with Crippen molar-refractivity contribution in [3.8, 4) is 0 Å². The minimum atomic E-state index is -0.214. The number of rotatable bonds is 5. The van der Waals surface area contributed by atoms with Crippen LogP contribution in [-0.4, -0.2) is 50.6 Å². The molecule has 0 aromatic carbocycles. The van der Waals surface area contributed by atoms with E-state index in [1.807, 2.05) is 6.92 Å². The van der Waals surface area contributed by atoms with Gasteiger partial charge in [-0.25, -0.2) is 0 Å². The van der Waals surface area contributed by atoms with E-state index in [9.17, 15) is 4.79 Å². The van der Waals surface area contributed by atoms with Gasteiger partial charge in [0.15, 0.2) is 0 Å². The molecule has 1 aliphatic rings. The normalized spacial score (nSPS) is 26.5. The van der Waals surface area contributed by atoms with Crippen molar-refractivity contribution in [1.82, 2.24) is 15.5 Å². The summed E-state index contributed by atoms with van der Waals surface area (Å²) >= 11 is 0. The van der Waals surface area contributed by atoms with Gasteiger partial charge < -0.3 is 15.5 Å². The van der Waals surface area contributed by atoms with Gasteiger partial charge in [0.2, 0.25) is 5.91 Å². The van der Waals surface area contributed by atoms with Crippen LogP contribution in [-0.2, 0) is 4.79 Å². The number of hydrogen-bond donors (Lipinski definition) is 2. The minimum Gasteiger partial charge on any atom is -0.354 e.